The Bertz CT molecular complexity index is 568. The van der Waals surface area contributed by atoms with E-state index in [0.29, 0.717) is 11.7 Å². The Morgan fingerprint density at radius 3 is 2.56 bits per heavy atom. The Morgan fingerprint density at radius 1 is 1.22 bits per heavy atom. The zero-order valence-electron chi connectivity index (χ0n) is 10.6. The van der Waals surface area contributed by atoms with Gasteiger partial charge < -0.3 is 10.3 Å². The Kier molecular flexibility index (Phi) is 2.71. The fraction of sp³-hybridized carbons (Fsp3) is 0.583. The predicted molar refractivity (Wildman–Crippen MR) is 69.2 cm³/mol. The molecule has 0 aliphatic heterocycles. The molecule has 1 aliphatic carbocycles. The monoisotopic (exact) mass is 264 g/mol. The third-order valence-electron chi connectivity index (χ3n) is 3.46. The molecule has 3 rings (SSSR count). The number of hydrogen-bond donors (Lipinski definition) is 1. The minimum Gasteiger partial charge on any atom is -0.333 e. The summed E-state index contributed by atoms with van der Waals surface area (Å²) in [5.74, 6) is 1.19. The first-order valence-corrected chi connectivity index (χ1v) is 6.98. The largest absolute Gasteiger partial charge is 0.333 e. The maximum atomic E-state index is 6.32. The van der Waals surface area contributed by atoms with Crippen molar-refractivity contribution < 1.29 is 4.52 Å². The van der Waals surface area contributed by atoms with Crippen LogP contribution < -0.4 is 5.73 Å². The minimum absolute atomic E-state index is 0.393. The van der Waals surface area contributed by atoms with E-state index in [-0.39, 0.29) is 0 Å². The number of aryl methyl sites for hydroxylation is 2. The van der Waals surface area contributed by atoms with Crippen molar-refractivity contribution >= 4 is 11.3 Å². The molecule has 18 heavy (non-hydrogen) atoms. The van der Waals surface area contributed by atoms with Gasteiger partial charge in [0.25, 0.3) is 5.89 Å². The molecule has 5 nitrogen and oxygen atoms in total. The number of nitrogens with zero attached hydrogens (tertiary/aromatic N) is 3. The maximum absolute atomic E-state index is 6.32. The van der Waals surface area contributed by atoms with Crippen molar-refractivity contribution in [2.75, 3.05) is 0 Å². The second-order valence-electron chi connectivity index (χ2n) is 4.93. The quantitative estimate of drug-likeness (QED) is 0.901. The van der Waals surface area contributed by atoms with E-state index in [1.54, 1.807) is 11.3 Å². The summed E-state index contributed by atoms with van der Waals surface area (Å²) in [6, 6.07) is 0. The summed E-state index contributed by atoms with van der Waals surface area (Å²) in [7, 11) is 0. The molecule has 2 heterocycles. The molecule has 0 amide bonds. The first-order valence-electron chi connectivity index (χ1n) is 6.16. The van der Waals surface area contributed by atoms with E-state index in [9.17, 15) is 0 Å². The van der Waals surface area contributed by atoms with E-state index >= 15 is 0 Å². The van der Waals surface area contributed by atoms with Gasteiger partial charge in [-0.05, 0) is 26.7 Å². The molecular formula is C12H16N4OS. The lowest BCUT2D eigenvalue weighted by Gasteiger charge is -2.17. The van der Waals surface area contributed by atoms with Crippen LogP contribution in [0.25, 0.3) is 10.8 Å². The van der Waals surface area contributed by atoms with Crippen molar-refractivity contribution in [3.8, 4) is 10.8 Å². The molecule has 6 heteroatoms. The Hall–Kier alpha value is -1.27. The van der Waals surface area contributed by atoms with Gasteiger partial charge in [0, 0.05) is 0 Å². The summed E-state index contributed by atoms with van der Waals surface area (Å²) >= 11 is 1.57. The predicted octanol–water partition coefficient (Wildman–Crippen LogP) is 2.54. The van der Waals surface area contributed by atoms with Crippen LogP contribution in [0.1, 0.15) is 42.2 Å². The molecule has 0 saturated heterocycles. The van der Waals surface area contributed by atoms with Crippen molar-refractivity contribution in [3.63, 3.8) is 0 Å². The van der Waals surface area contributed by atoms with Crippen LogP contribution in [0.3, 0.4) is 0 Å². The smallest absolute Gasteiger partial charge is 0.269 e. The molecule has 0 unspecified atom stereocenters. The maximum Gasteiger partial charge on any atom is 0.269 e. The van der Waals surface area contributed by atoms with Gasteiger partial charge in [0.1, 0.15) is 4.88 Å². The first kappa shape index (κ1) is 11.8. The molecule has 0 atom stereocenters. The molecule has 2 aromatic rings. The summed E-state index contributed by atoms with van der Waals surface area (Å²) in [6.07, 6.45) is 4.15. The Balaban J connectivity index is 1.96. The van der Waals surface area contributed by atoms with E-state index in [0.717, 1.165) is 41.3 Å². The summed E-state index contributed by atoms with van der Waals surface area (Å²) in [5.41, 5.74) is 6.86. The van der Waals surface area contributed by atoms with E-state index in [1.807, 2.05) is 13.8 Å². The lowest BCUT2D eigenvalue weighted by molar-refractivity contribution is 0.373. The van der Waals surface area contributed by atoms with Crippen molar-refractivity contribution in [3.05, 3.63) is 16.5 Å². The second-order valence-corrected chi connectivity index (χ2v) is 6.14. The van der Waals surface area contributed by atoms with E-state index in [2.05, 4.69) is 15.1 Å². The first-order chi connectivity index (χ1) is 8.58. The highest BCUT2D eigenvalue weighted by molar-refractivity contribution is 7.15. The number of rotatable bonds is 2. The average Bonchev–Trinajstić information content (AvgIpc) is 2.99. The molecule has 0 aromatic carbocycles. The van der Waals surface area contributed by atoms with Gasteiger partial charge >= 0.3 is 0 Å². The van der Waals surface area contributed by atoms with Crippen LogP contribution in [0, 0.1) is 13.8 Å². The highest BCUT2D eigenvalue weighted by Gasteiger charge is 2.36. The standard InChI is InChI=1S/C12H16N4OS/c1-7-9(18-8(2)14-7)10-15-11(16-17-10)12(13)5-3-4-6-12/h3-6,13H2,1-2H3. The van der Waals surface area contributed by atoms with Crippen molar-refractivity contribution in [2.45, 2.75) is 45.1 Å². The zero-order chi connectivity index (χ0) is 12.8. The van der Waals surface area contributed by atoms with Crippen molar-refractivity contribution in [1.29, 1.82) is 0 Å². The lowest BCUT2D eigenvalue weighted by atomic mass is 9.99. The fourth-order valence-corrected chi connectivity index (χ4v) is 3.32. The molecule has 2 N–H and O–H groups in total. The Morgan fingerprint density at radius 2 is 1.94 bits per heavy atom. The zero-order valence-corrected chi connectivity index (χ0v) is 11.4. The van der Waals surface area contributed by atoms with Gasteiger partial charge in [-0.3, -0.25) is 0 Å². The summed E-state index contributed by atoms with van der Waals surface area (Å²) in [5, 5.41) is 5.07. The van der Waals surface area contributed by atoms with Gasteiger partial charge in [0.05, 0.1) is 16.2 Å². The minimum atomic E-state index is -0.393. The van der Waals surface area contributed by atoms with Crippen LogP contribution >= 0.6 is 11.3 Å². The fourth-order valence-electron chi connectivity index (χ4n) is 2.48. The van der Waals surface area contributed by atoms with Gasteiger partial charge in [-0.15, -0.1) is 11.3 Å². The van der Waals surface area contributed by atoms with Crippen molar-refractivity contribution in [1.82, 2.24) is 15.1 Å². The molecule has 0 spiro atoms. The van der Waals surface area contributed by atoms with Crippen LogP contribution in [0.5, 0.6) is 0 Å². The molecule has 0 radical (unpaired) electrons. The molecule has 96 valence electrons. The molecule has 1 fully saturated rings. The van der Waals surface area contributed by atoms with Crippen molar-refractivity contribution in [2.24, 2.45) is 5.73 Å². The second kappa shape index (κ2) is 4.13. The molecule has 1 saturated carbocycles. The molecular weight excluding hydrogens is 248 g/mol. The van der Waals surface area contributed by atoms with Gasteiger partial charge in [0.2, 0.25) is 0 Å². The summed E-state index contributed by atoms with van der Waals surface area (Å²) < 4.78 is 5.35. The highest BCUT2D eigenvalue weighted by atomic mass is 32.1. The highest BCUT2D eigenvalue weighted by Crippen LogP contribution is 2.36. The lowest BCUT2D eigenvalue weighted by Crippen LogP contribution is -2.34. The van der Waals surface area contributed by atoms with Crippen LogP contribution in [0.15, 0.2) is 4.52 Å². The average molecular weight is 264 g/mol. The number of thiazole rings is 1. The van der Waals surface area contributed by atoms with E-state index < -0.39 is 5.54 Å². The molecule has 0 bridgehead atoms. The third-order valence-corrected chi connectivity index (χ3v) is 4.53. The SMILES string of the molecule is Cc1nc(C)c(-c2nc(C3(N)CCCC3)no2)s1. The number of aromatic nitrogens is 3. The summed E-state index contributed by atoms with van der Waals surface area (Å²) in [6.45, 7) is 3.93. The number of nitrogens with two attached hydrogens (primary N) is 1. The summed E-state index contributed by atoms with van der Waals surface area (Å²) in [4.78, 5) is 9.80. The molecule has 2 aromatic heterocycles. The topological polar surface area (TPSA) is 77.8 Å². The van der Waals surface area contributed by atoms with Gasteiger partial charge in [-0.2, -0.15) is 4.98 Å². The van der Waals surface area contributed by atoms with E-state index in [1.165, 1.54) is 0 Å². The van der Waals surface area contributed by atoms with Crippen LogP contribution in [-0.2, 0) is 5.54 Å². The van der Waals surface area contributed by atoms with Crippen LogP contribution in [0.2, 0.25) is 0 Å². The van der Waals surface area contributed by atoms with Crippen LogP contribution in [-0.4, -0.2) is 15.1 Å². The third kappa shape index (κ3) is 1.85. The normalized spacial score (nSPS) is 18.4. The Labute approximate surface area is 109 Å². The van der Waals surface area contributed by atoms with Crippen LogP contribution in [0.4, 0.5) is 0 Å². The van der Waals surface area contributed by atoms with Gasteiger partial charge in [-0.1, -0.05) is 18.0 Å². The van der Waals surface area contributed by atoms with E-state index in [4.69, 9.17) is 10.3 Å². The molecule has 1 aliphatic rings. The number of hydrogen-bond acceptors (Lipinski definition) is 6. The van der Waals surface area contributed by atoms with Gasteiger partial charge in [0.15, 0.2) is 5.82 Å². The van der Waals surface area contributed by atoms with Gasteiger partial charge in [-0.25, -0.2) is 4.98 Å².